The predicted molar refractivity (Wildman–Crippen MR) is 85.7 cm³/mol. The van der Waals surface area contributed by atoms with Crippen LogP contribution >= 0.6 is 0 Å². The summed E-state index contributed by atoms with van der Waals surface area (Å²) in [4.78, 5) is 16.3. The van der Waals surface area contributed by atoms with Gasteiger partial charge in [0.05, 0.1) is 18.3 Å². The van der Waals surface area contributed by atoms with E-state index in [0.29, 0.717) is 18.1 Å². The van der Waals surface area contributed by atoms with E-state index in [1.807, 2.05) is 38.1 Å². The van der Waals surface area contributed by atoms with Gasteiger partial charge >= 0.3 is 0 Å². The zero-order chi connectivity index (χ0) is 15.9. The third-order valence-corrected chi connectivity index (χ3v) is 3.17. The smallest absolute Gasteiger partial charge is 0.253 e. The molecule has 0 saturated carbocycles. The Morgan fingerprint density at radius 2 is 2.05 bits per heavy atom. The van der Waals surface area contributed by atoms with E-state index in [0.717, 1.165) is 10.8 Å². The van der Waals surface area contributed by atoms with Crippen LogP contribution in [-0.4, -0.2) is 41.9 Å². The number of amides is 1. The summed E-state index contributed by atoms with van der Waals surface area (Å²) in [6.07, 6.45) is 2.55. The molecule has 0 aliphatic rings. The highest BCUT2D eigenvalue weighted by atomic mass is 16.5. The highest BCUT2D eigenvalue weighted by Crippen LogP contribution is 2.16. The second-order valence-corrected chi connectivity index (χ2v) is 5.70. The van der Waals surface area contributed by atoms with Gasteiger partial charge in [-0.25, -0.2) is 0 Å². The molecular weight excluding hydrogens is 280 g/mol. The van der Waals surface area contributed by atoms with Gasteiger partial charge in [-0.15, -0.1) is 0 Å². The molecule has 5 heteroatoms. The Morgan fingerprint density at radius 1 is 1.27 bits per heavy atom. The first-order valence-electron chi connectivity index (χ1n) is 7.44. The van der Waals surface area contributed by atoms with Crippen LogP contribution < -0.4 is 5.32 Å². The van der Waals surface area contributed by atoms with E-state index in [2.05, 4.69) is 10.3 Å². The highest BCUT2D eigenvalue weighted by molar-refractivity contribution is 6.06. The average molecular weight is 302 g/mol. The number of nitrogens with zero attached hydrogens (tertiary/aromatic N) is 1. The number of carbonyl (C=O) groups excluding carboxylic acids is 1. The summed E-state index contributed by atoms with van der Waals surface area (Å²) in [5, 5.41) is 14.3. The van der Waals surface area contributed by atoms with Crippen LogP contribution in [0.25, 0.3) is 10.8 Å². The Bertz CT molecular complexity index is 623. The van der Waals surface area contributed by atoms with E-state index in [1.54, 1.807) is 12.4 Å². The van der Waals surface area contributed by atoms with Crippen LogP contribution in [0.1, 0.15) is 24.2 Å². The van der Waals surface area contributed by atoms with Crippen molar-refractivity contribution in [3.63, 3.8) is 0 Å². The number of ether oxygens (including phenoxy) is 1. The minimum Gasteiger partial charge on any atom is -0.389 e. The second-order valence-electron chi connectivity index (χ2n) is 5.70. The molecule has 0 aliphatic heterocycles. The third-order valence-electron chi connectivity index (χ3n) is 3.17. The van der Waals surface area contributed by atoms with Gasteiger partial charge in [-0.05, 0) is 11.3 Å². The van der Waals surface area contributed by atoms with Crippen molar-refractivity contribution in [2.45, 2.75) is 20.0 Å². The van der Waals surface area contributed by atoms with Gasteiger partial charge in [0, 0.05) is 30.9 Å². The van der Waals surface area contributed by atoms with Gasteiger partial charge < -0.3 is 15.2 Å². The number of pyridine rings is 1. The minimum absolute atomic E-state index is 0.153. The Morgan fingerprint density at radius 3 is 2.82 bits per heavy atom. The predicted octanol–water partition coefficient (Wildman–Crippen LogP) is 2.00. The molecule has 2 N–H and O–H groups in total. The molecule has 1 aromatic carbocycles. The lowest BCUT2D eigenvalue weighted by molar-refractivity contribution is 0.0259. The van der Waals surface area contributed by atoms with Crippen LogP contribution in [0.5, 0.6) is 0 Å². The first kappa shape index (κ1) is 16.4. The normalized spacial score (nSPS) is 12.5. The summed E-state index contributed by atoms with van der Waals surface area (Å²) in [6, 6.07) is 7.58. The maximum absolute atomic E-state index is 12.2. The first-order chi connectivity index (χ1) is 10.6. The largest absolute Gasteiger partial charge is 0.389 e. The molecule has 2 aromatic rings. The molecule has 22 heavy (non-hydrogen) atoms. The number of hydrogen-bond donors (Lipinski definition) is 2. The summed E-state index contributed by atoms with van der Waals surface area (Å²) in [5.41, 5.74) is 0.508. The number of aromatic nitrogens is 1. The SMILES string of the molecule is CC(C)COCC(O)CNC(=O)c1cncc2ccccc12. The lowest BCUT2D eigenvalue weighted by Crippen LogP contribution is -2.35. The zero-order valence-electron chi connectivity index (χ0n) is 13.0. The fourth-order valence-corrected chi connectivity index (χ4v) is 2.10. The maximum atomic E-state index is 12.2. The van der Waals surface area contributed by atoms with Gasteiger partial charge in [0.25, 0.3) is 5.91 Å². The van der Waals surface area contributed by atoms with Crippen LogP contribution in [0.2, 0.25) is 0 Å². The molecule has 0 saturated heterocycles. The first-order valence-corrected chi connectivity index (χ1v) is 7.44. The molecule has 0 radical (unpaired) electrons. The molecular formula is C17H22N2O3. The Kier molecular flexibility index (Phi) is 5.86. The molecule has 0 bridgehead atoms. The summed E-state index contributed by atoms with van der Waals surface area (Å²) in [7, 11) is 0. The van der Waals surface area contributed by atoms with Crippen molar-refractivity contribution in [1.29, 1.82) is 0 Å². The molecule has 1 amide bonds. The monoisotopic (exact) mass is 302 g/mol. The lowest BCUT2D eigenvalue weighted by Gasteiger charge is -2.14. The minimum atomic E-state index is -0.717. The van der Waals surface area contributed by atoms with E-state index in [9.17, 15) is 9.90 Å². The maximum Gasteiger partial charge on any atom is 0.253 e. The third kappa shape index (κ3) is 4.51. The fourth-order valence-electron chi connectivity index (χ4n) is 2.10. The number of benzene rings is 1. The zero-order valence-corrected chi connectivity index (χ0v) is 13.0. The average Bonchev–Trinajstić information content (AvgIpc) is 2.51. The number of rotatable bonds is 7. The number of fused-ring (bicyclic) bond motifs is 1. The van der Waals surface area contributed by atoms with Gasteiger partial charge in [-0.3, -0.25) is 9.78 Å². The lowest BCUT2D eigenvalue weighted by atomic mass is 10.1. The van der Waals surface area contributed by atoms with Crippen molar-refractivity contribution >= 4 is 16.7 Å². The number of aliphatic hydroxyl groups excluding tert-OH is 1. The topological polar surface area (TPSA) is 71.5 Å². The summed E-state index contributed by atoms with van der Waals surface area (Å²) in [5.74, 6) is 0.177. The number of hydrogen-bond acceptors (Lipinski definition) is 4. The Labute approximate surface area is 130 Å². The van der Waals surface area contributed by atoms with Gasteiger partial charge in [-0.1, -0.05) is 38.1 Å². The van der Waals surface area contributed by atoms with Crippen molar-refractivity contribution in [1.82, 2.24) is 10.3 Å². The van der Waals surface area contributed by atoms with Crippen LogP contribution in [0.15, 0.2) is 36.7 Å². The van der Waals surface area contributed by atoms with Gasteiger partial charge in [0.1, 0.15) is 0 Å². The van der Waals surface area contributed by atoms with Crippen LogP contribution in [0, 0.1) is 5.92 Å². The van der Waals surface area contributed by atoms with E-state index in [-0.39, 0.29) is 19.1 Å². The van der Waals surface area contributed by atoms with E-state index < -0.39 is 6.10 Å². The van der Waals surface area contributed by atoms with Crippen molar-refractivity contribution in [2.24, 2.45) is 5.92 Å². The molecule has 1 heterocycles. The van der Waals surface area contributed by atoms with Crippen molar-refractivity contribution < 1.29 is 14.6 Å². The molecule has 1 unspecified atom stereocenters. The Hall–Kier alpha value is -1.98. The summed E-state index contributed by atoms with van der Waals surface area (Å²) in [6.45, 7) is 5.05. The van der Waals surface area contributed by atoms with E-state index >= 15 is 0 Å². The molecule has 2 rings (SSSR count). The molecule has 0 spiro atoms. The molecule has 1 aromatic heterocycles. The van der Waals surface area contributed by atoms with Crippen molar-refractivity contribution in [2.75, 3.05) is 19.8 Å². The number of nitrogens with one attached hydrogen (secondary N) is 1. The molecule has 118 valence electrons. The second kappa shape index (κ2) is 7.87. The number of carbonyl (C=O) groups is 1. The molecule has 0 aliphatic carbocycles. The molecule has 0 fully saturated rings. The number of aliphatic hydroxyl groups is 1. The van der Waals surface area contributed by atoms with Crippen LogP contribution in [0.4, 0.5) is 0 Å². The van der Waals surface area contributed by atoms with E-state index in [4.69, 9.17) is 4.74 Å². The van der Waals surface area contributed by atoms with Crippen LogP contribution in [-0.2, 0) is 4.74 Å². The van der Waals surface area contributed by atoms with Crippen LogP contribution in [0.3, 0.4) is 0 Å². The Balaban J connectivity index is 1.91. The van der Waals surface area contributed by atoms with Gasteiger partial charge in [0.15, 0.2) is 0 Å². The molecule has 1 atom stereocenters. The quantitative estimate of drug-likeness (QED) is 0.820. The summed E-state index contributed by atoms with van der Waals surface area (Å²) >= 11 is 0. The summed E-state index contributed by atoms with van der Waals surface area (Å²) < 4.78 is 5.35. The fraction of sp³-hybridized carbons (Fsp3) is 0.412. The highest BCUT2D eigenvalue weighted by Gasteiger charge is 2.12. The van der Waals surface area contributed by atoms with E-state index in [1.165, 1.54) is 0 Å². The van der Waals surface area contributed by atoms with Gasteiger partial charge in [-0.2, -0.15) is 0 Å². The van der Waals surface area contributed by atoms with Crippen molar-refractivity contribution in [3.8, 4) is 0 Å². The molecule has 5 nitrogen and oxygen atoms in total. The standard InChI is InChI=1S/C17H22N2O3/c1-12(2)10-22-11-14(20)8-19-17(21)16-9-18-7-13-5-3-4-6-15(13)16/h3-7,9,12,14,20H,8,10-11H2,1-2H3,(H,19,21). The van der Waals surface area contributed by atoms with Crippen molar-refractivity contribution in [3.05, 3.63) is 42.2 Å². The van der Waals surface area contributed by atoms with Gasteiger partial charge in [0.2, 0.25) is 0 Å².